The van der Waals surface area contributed by atoms with Gasteiger partial charge in [-0.1, -0.05) is 69.9 Å². The van der Waals surface area contributed by atoms with Crippen molar-refractivity contribution in [3.05, 3.63) is 28.8 Å². The number of alkyl halides is 2. The quantitative estimate of drug-likeness (QED) is 0.287. The summed E-state index contributed by atoms with van der Waals surface area (Å²) in [5, 5.41) is 7.00. The minimum atomic E-state index is -3.37. The van der Waals surface area contributed by atoms with Crippen molar-refractivity contribution in [3.8, 4) is 5.75 Å². The highest BCUT2D eigenvalue weighted by Crippen LogP contribution is 2.50. The van der Waals surface area contributed by atoms with Gasteiger partial charge in [0.05, 0.1) is 12.0 Å². The van der Waals surface area contributed by atoms with Gasteiger partial charge < -0.3 is 13.8 Å². The van der Waals surface area contributed by atoms with Crippen LogP contribution in [0.25, 0.3) is 0 Å². The van der Waals surface area contributed by atoms with Crippen molar-refractivity contribution < 1.29 is 22.6 Å². The molecular formula is C26H40F2O3S2. The van der Waals surface area contributed by atoms with Crippen molar-refractivity contribution in [3.63, 3.8) is 0 Å². The molecule has 3 saturated carbocycles. The minimum Gasteiger partial charge on any atom is -0.418 e. The standard InChI is InChI=1S/C25H36F2O2S2.CH4O/c26-25(27,30-28)31-29-24-22(19-12-6-2-7-13-19)16-21(18-10-4-1-5-11-18)17-23(24)20-14-8-3-9-15-20;1-2/h16-20,28H,1-15H2;2H,1H3. The van der Waals surface area contributed by atoms with Crippen LogP contribution in [0.5, 0.6) is 5.75 Å². The second-order valence-electron chi connectivity index (χ2n) is 9.75. The summed E-state index contributed by atoms with van der Waals surface area (Å²) in [5.74, 6) is 2.07. The molecule has 0 unspecified atom stereocenters. The second-order valence-corrected chi connectivity index (χ2v) is 11.6. The van der Waals surface area contributed by atoms with Gasteiger partial charge in [0.25, 0.3) is 0 Å². The SMILES string of the molecule is CO.OSC(F)(F)SOc1c(C2CCCCC2)cc(C2CCCCC2)cc1C1CCCCC1. The summed E-state index contributed by atoms with van der Waals surface area (Å²) in [4.78, 5) is 0. The van der Waals surface area contributed by atoms with Crippen LogP contribution in [0.2, 0.25) is 0 Å². The number of aliphatic hydroxyl groups is 1. The molecule has 0 atom stereocenters. The smallest absolute Gasteiger partial charge is 0.400 e. The van der Waals surface area contributed by atoms with E-state index in [2.05, 4.69) is 12.1 Å². The molecule has 0 aliphatic heterocycles. The van der Waals surface area contributed by atoms with Gasteiger partial charge in [-0.25, -0.2) is 0 Å². The fourth-order valence-electron chi connectivity index (χ4n) is 6.01. The Morgan fingerprint density at radius 3 is 1.52 bits per heavy atom. The van der Waals surface area contributed by atoms with Gasteiger partial charge in [0, 0.05) is 7.11 Å². The summed E-state index contributed by atoms with van der Waals surface area (Å²) >= 11 is -0.331. The first-order chi connectivity index (χ1) is 16.1. The predicted molar refractivity (Wildman–Crippen MR) is 135 cm³/mol. The molecule has 3 nitrogen and oxygen atoms in total. The zero-order valence-electron chi connectivity index (χ0n) is 19.9. The number of halogens is 2. The van der Waals surface area contributed by atoms with E-state index in [0.29, 0.717) is 23.5 Å². The average Bonchev–Trinajstić information content (AvgIpc) is 2.90. The van der Waals surface area contributed by atoms with Crippen molar-refractivity contribution in [2.24, 2.45) is 0 Å². The topological polar surface area (TPSA) is 49.7 Å². The first-order valence-corrected chi connectivity index (χ1v) is 14.3. The Labute approximate surface area is 206 Å². The van der Waals surface area contributed by atoms with Crippen molar-refractivity contribution >= 4 is 24.1 Å². The lowest BCUT2D eigenvalue weighted by Crippen LogP contribution is -2.15. The van der Waals surface area contributed by atoms with Gasteiger partial charge in [-0.2, -0.15) is 8.78 Å². The van der Waals surface area contributed by atoms with E-state index < -0.39 is 16.6 Å². The first kappa shape index (κ1) is 27.1. The Hall–Kier alpha value is -0.500. The number of rotatable bonds is 7. The van der Waals surface area contributed by atoms with Crippen molar-refractivity contribution in [2.45, 2.75) is 119 Å². The summed E-state index contributed by atoms with van der Waals surface area (Å²) in [7, 11) is 1.00. The number of hydrogen-bond acceptors (Lipinski definition) is 5. The number of hydrogen-bond donors (Lipinski definition) is 2. The van der Waals surface area contributed by atoms with Crippen LogP contribution < -0.4 is 4.18 Å². The highest BCUT2D eigenvalue weighted by atomic mass is 32.2. The van der Waals surface area contributed by atoms with E-state index in [0.717, 1.165) is 43.9 Å². The van der Waals surface area contributed by atoms with E-state index in [-0.39, 0.29) is 12.0 Å². The van der Waals surface area contributed by atoms with E-state index in [4.69, 9.17) is 13.8 Å². The Balaban J connectivity index is 0.00000149. The predicted octanol–water partition coefficient (Wildman–Crippen LogP) is 9.22. The molecule has 188 valence electrons. The Kier molecular flexibility index (Phi) is 11.1. The molecule has 0 bridgehead atoms. The van der Waals surface area contributed by atoms with Crippen molar-refractivity contribution in [1.29, 1.82) is 0 Å². The van der Waals surface area contributed by atoms with Crippen LogP contribution in [-0.4, -0.2) is 21.4 Å². The van der Waals surface area contributed by atoms with Crippen LogP contribution >= 0.6 is 24.1 Å². The van der Waals surface area contributed by atoms with Crippen LogP contribution in [-0.2, 0) is 0 Å². The number of benzene rings is 1. The molecule has 1 aromatic carbocycles. The normalized spacial score (nSPS) is 21.4. The lowest BCUT2D eigenvalue weighted by atomic mass is 9.75. The summed E-state index contributed by atoms with van der Waals surface area (Å²) in [5.41, 5.74) is 3.74. The van der Waals surface area contributed by atoms with Gasteiger partial charge >= 0.3 is 4.59 Å². The summed E-state index contributed by atoms with van der Waals surface area (Å²) in [6, 6.07) is 4.64. The van der Waals surface area contributed by atoms with E-state index in [1.54, 1.807) is 0 Å². The summed E-state index contributed by atoms with van der Waals surface area (Å²) < 4.78 is 39.3. The fourth-order valence-corrected chi connectivity index (χ4v) is 6.60. The lowest BCUT2D eigenvalue weighted by molar-refractivity contribution is 0.197. The number of aliphatic hydroxyl groups excluding tert-OH is 1. The third-order valence-electron chi connectivity index (χ3n) is 7.66. The molecule has 1 aromatic rings. The highest BCUT2D eigenvalue weighted by Gasteiger charge is 2.36. The molecule has 7 heteroatoms. The molecule has 3 aliphatic rings. The molecule has 2 N–H and O–H groups in total. The molecular weight excluding hydrogens is 462 g/mol. The maximum atomic E-state index is 13.9. The molecule has 3 aliphatic carbocycles. The Bertz CT molecular complexity index is 674. The third kappa shape index (κ3) is 7.49. The molecule has 0 aromatic heterocycles. The molecule has 33 heavy (non-hydrogen) atoms. The van der Waals surface area contributed by atoms with Crippen molar-refractivity contribution in [2.75, 3.05) is 7.11 Å². The van der Waals surface area contributed by atoms with Gasteiger partial charge in [0.1, 0.15) is 17.8 Å². The van der Waals surface area contributed by atoms with Gasteiger partial charge in [-0.05, 0) is 73.0 Å². The highest BCUT2D eigenvalue weighted by molar-refractivity contribution is 8.13. The van der Waals surface area contributed by atoms with Gasteiger partial charge in [0.15, 0.2) is 0 Å². The molecule has 0 amide bonds. The zero-order chi connectivity index (χ0) is 23.7. The molecule has 0 spiro atoms. The first-order valence-electron chi connectivity index (χ1n) is 12.8. The van der Waals surface area contributed by atoms with Gasteiger partial charge in [0.2, 0.25) is 0 Å². The second kappa shape index (κ2) is 13.6. The Morgan fingerprint density at radius 1 is 0.727 bits per heavy atom. The lowest BCUT2D eigenvalue weighted by Gasteiger charge is -2.32. The average molecular weight is 503 g/mol. The maximum absolute atomic E-state index is 13.9. The van der Waals surface area contributed by atoms with E-state index in [1.807, 2.05) is 0 Å². The van der Waals surface area contributed by atoms with Crippen LogP contribution in [0.1, 0.15) is 131 Å². The van der Waals surface area contributed by atoms with Crippen LogP contribution in [0.4, 0.5) is 8.78 Å². The molecule has 3 fully saturated rings. The monoisotopic (exact) mass is 502 g/mol. The van der Waals surface area contributed by atoms with E-state index in [9.17, 15) is 8.78 Å². The third-order valence-corrected chi connectivity index (χ3v) is 8.75. The molecule has 4 rings (SSSR count). The van der Waals surface area contributed by atoms with Crippen LogP contribution in [0.3, 0.4) is 0 Å². The maximum Gasteiger partial charge on any atom is 0.400 e. The summed E-state index contributed by atoms with van der Waals surface area (Å²) in [6.07, 6.45) is 18.2. The van der Waals surface area contributed by atoms with Crippen LogP contribution in [0.15, 0.2) is 12.1 Å². The van der Waals surface area contributed by atoms with E-state index in [1.165, 1.54) is 76.2 Å². The van der Waals surface area contributed by atoms with Crippen LogP contribution in [0, 0.1) is 0 Å². The van der Waals surface area contributed by atoms with Gasteiger partial charge in [-0.15, -0.1) is 0 Å². The Morgan fingerprint density at radius 2 is 1.12 bits per heavy atom. The molecule has 0 heterocycles. The fraction of sp³-hybridized carbons (Fsp3) is 0.769. The van der Waals surface area contributed by atoms with E-state index >= 15 is 0 Å². The zero-order valence-corrected chi connectivity index (χ0v) is 21.5. The minimum absolute atomic E-state index is 0.109. The van der Waals surface area contributed by atoms with Crippen molar-refractivity contribution in [1.82, 2.24) is 0 Å². The van der Waals surface area contributed by atoms with Gasteiger partial charge in [-0.3, -0.25) is 0 Å². The molecule has 0 radical (unpaired) electrons. The summed E-state index contributed by atoms with van der Waals surface area (Å²) in [6.45, 7) is 0. The molecule has 0 saturated heterocycles. The largest absolute Gasteiger partial charge is 0.418 e.